The third kappa shape index (κ3) is 4.70. The molecule has 0 heterocycles. The quantitative estimate of drug-likeness (QED) is 0.599. The molecule has 0 fully saturated rings. The number of nitrogens with zero attached hydrogens (tertiary/aromatic N) is 1. The van der Waals surface area contributed by atoms with Gasteiger partial charge in [0.2, 0.25) is 0 Å². The summed E-state index contributed by atoms with van der Waals surface area (Å²) in [6, 6.07) is 0. The summed E-state index contributed by atoms with van der Waals surface area (Å²) in [6.07, 6.45) is 0.744. The molecule has 0 saturated carbocycles. The molecule has 0 rings (SSSR count). The highest BCUT2D eigenvalue weighted by molar-refractivity contribution is 4.52. The number of aliphatic hydroxyl groups is 1. The Morgan fingerprint density at radius 3 is 2.50 bits per heavy atom. The van der Waals surface area contributed by atoms with Crippen LogP contribution >= 0.6 is 0 Å². The van der Waals surface area contributed by atoms with Crippen LogP contribution in [0.2, 0.25) is 0 Å². The van der Waals surface area contributed by atoms with E-state index < -0.39 is 0 Å². The highest BCUT2D eigenvalue weighted by atomic mass is 19.1. The van der Waals surface area contributed by atoms with Crippen LogP contribution in [0, 0.1) is 0 Å². The van der Waals surface area contributed by atoms with E-state index in [2.05, 4.69) is 0 Å². The number of aliphatic hydroxyl groups excluding tert-OH is 1. The Hall–Kier alpha value is -0.150. The molecular formula is C7H16FNO. The van der Waals surface area contributed by atoms with Crippen LogP contribution in [0.25, 0.3) is 0 Å². The molecular weight excluding hydrogens is 133 g/mol. The van der Waals surface area contributed by atoms with E-state index in [9.17, 15) is 4.39 Å². The Balaban J connectivity index is 3.21. The van der Waals surface area contributed by atoms with Gasteiger partial charge in [-0.1, -0.05) is 6.92 Å². The second kappa shape index (κ2) is 6.96. The van der Waals surface area contributed by atoms with Crippen LogP contribution in [0.4, 0.5) is 4.39 Å². The Morgan fingerprint density at radius 1 is 1.40 bits per heavy atom. The average Bonchev–Trinajstić information content (AvgIpc) is 1.98. The molecule has 0 unspecified atom stereocenters. The number of hydrogen-bond donors (Lipinski definition) is 1. The molecule has 0 saturated heterocycles. The van der Waals surface area contributed by atoms with Crippen molar-refractivity contribution in [1.82, 2.24) is 4.90 Å². The van der Waals surface area contributed by atoms with E-state index in [1.165, 1.54) is 0 Å². The summed E-state index contributed by atoms with van der Waals surface area (Å²) < 4.78 is 11.8. The van der Waals surface area contributed by atoms with Crippen LogP contribution < -0.4 is 0 Å². The van der Waals surface area contributed by atoms with E-state index in [1.807, 2.05) is 11.8 Å². The molecule has 10 heavy (non-hydrogen) atoms. The van der Waals surface area contributed by atoms with Gasteiger partial charge in [-0.05, 0) is 13.0 Å². The molecule has 0 bridgehead atoms. The van der Waals surface area contributed by atoms with Gasteiger partial charge >= 0.3 is 0 Å². The number of alkyl halides is 1. The Kier molecular flexibility index (Phi) is 6.86. The number of rotatable bonds is 6. The highest BCUT2D eigenvalue weighted by Gasteiger charge is 1.98. The van der Waals surface area contributed by atoms with E-state index >= 15 is 0 Å². The third-order valence-electron chi connectivity index (χ3n) is 1.48. The molecule has 1 N–H and O–H groups in total. The Bertz CT molecular complexity index is 70.6. The van der Waals surface area contributed by atoms with Gasteiger partial charge in [0.05, 0.1) is 0 Å². The van der Waals surface area contributed by atoms with Crippen molar-refractivity contribution in [2.75, 3.05) is 32.9 Å². The maximum absolute atomic E-state index is 11.8. The van der Waals surface area contributed by atoms with Gasteiger partial charge in [0.25, 0.3) is 0 Å². The molecule has 0 aromatic carbocycles. The lowest BCUT2D eigenvalue weighted by Crippen LogP contribution is -2.27. The fraction of sp³-hybridized carbons (Fsp3) is 1.00. The second-order valence-corrected chi connectivity index (χ2v) is 2.20. The summed E-state index contributed by atoms with van der Waals surface area (Å²) in [5.41, 5.74) is 0. The van der Waals surface area contributed by atoms with Crippen LogP contribution in [0.5, 0.6) is 0 Å². The van der Waals surface area contributed by atoms with E-state index in [0.717, 1.165) is 19.5 Å². The van der Waals surface area contributed by atoms with Gasteiger partial charge < -0.3 is 10.0 Å². The number of hydrogen-bond acceptors (Lipinski definition) is 2. The summed E-state index contributed by atoms with van der Waals surface area (Å²) >= 11 is 0. The minimum absolute atomic E-state index is 0.197. The first-order chi connectivity index (χ1) is 4.85. The smallest absolute Gasteiger partial charge is 0.102 e. The first-order valence-electron chi connectivity index (χ1n) is 3.74. The summed E-state index contributed by atoms with van der Waals surface area (Å²) in [7, 11) is 0. The lowest BCUT2D eigenvalue weighted by molar-refractivity contribution is 0.218. The molecule has 2 nitrogen and oxygen atoms in total. The molecule has 3 heteroatoms. The molecule has 0 aromatic heterocycles. The molecule has 0 aliphatic carbocycles. The summed E-state index contributed by atoms with van der Waals surface area (Å²) in [5, 5.41) is 8.46. The summed E-state index contributed by atoms with van der Waals surface area (Å²) in [5.74, 6) is 0. The third-order valence-corrected chi connectivity index (χ3v) is 1.48. The topological polar surface area (TPSA) is 23.5 Å². The van der Waals surface area contributed by atoms with Gasteiger partial charge in [0.1, 0.15) is 6.67 Å². The fourth-order valence-corrected chi connectivity index (χ4v) is 0.842. The van der Waals surface area contributed by atoms with Crippen LogP contribution in [-0.2, 0) is 0 Å². The fourth-order valence-electron chi connectivity index (χ4n) is 0.842. The van der Waals surface area contributed by atoms with Crippen molar-refractivity contribution in [3.05, 3.63) is 0 Å². The predicted molar refractivity (Wildman–Crippen MR) is 39.8 cm³/mol. The van der Waals surface area contributed by atoms with Crippen molar-refractivity contribution in [2.24, 2.45) is 0 Å². The highest BCUT2D eigenvalue weighted by Crippen LogP contribution is 1.89. The van der Waals surface area contributed by atoms with Gasteiger partial charge in [-0.3, -0.25) is 0 Å². The SMILES string of the molecule is CCN(CCF)CCCO. The van der Waals surface area contributed by atoms with Crippen molar-refractivity contribution in [2.45, 2.75) is 13.3 Å². The summed E-state index contributed by atoms with van der Waals surface area (Å²) in [4.78, 5) is 1.98. The van der Waals surface area contributed by atoms with Crippen molar-refractivity contribution in [3.8, 4) is 0 Å². The first-order valence-corrected chi connectivity index (χ1v) is 3.74. The zero-order chi connectivity index (χ0) is 7.82. The van der Waals surface area contributed by atoms with Crippen LogP contribution in [0.15, 0.2) is 0 Å². The summed E-state index contributed by atoms with van der Waals surface area (Å²) in [6.45, 7) is 4.06. The van der Waals surface area contributed by atoms with Crippen molar-refractivity contribution < 1.29 is 9.50 Å². The lowest BCUT2D eigenvalue weighted by Gasteiger charge is -2.17. The minimum atomic E-state index is -0.292. The zero-order valence-corrected chi connectivity index (χ0v) is 6.52. The normalized spacial score (nSPS) is 10.8. The Labute approximate surface area is 61.6 Å². The van der Waals surface area contributed by atoms with E-state index in [0.29, 0.717) is 6.54 Å². The van der Waals surface area contributed by atoms with E-state index in [1.54, 1.807) is 0 Å². The monoisotopic (exact) mass is 149 g/mol. The maximum Gasteiger partial charge on any atom is 0.102 e. The lowest BCUT2D eigenvalue weighted by atomic mass is 10.4. The van der Waals surface area contributed by atoms with Crippen molar-refractivity contribution in [3.63, 3.8) is 0 Å². The van der Waals surface area contributed by atoms with Crippen LogP contribution in [-0.4, -0.2) is 42.9 Å². The van der Waals surface area contributed by atoms with Gasteiger partial charge in [-0.15, -0.1) is 0 Å². The molecule has 62 valence electrons. The van der Waals surface area contributed by atoms with Gasteiger partial charge in [0.15, 0.2) is 0 Å². The maximum atomic E-state index is 11.8. The molecule has 0 radical (unpaired) electrons. The van der Waals surface area contributed by atoms with E-state index in [4.69, 9.17) is 5.11 Å². The van der Waals surface area contributed by atoms with Gasteiger partial charge in [-0.2, -0.15) is 0 Å². The number of halogens is 1. The van der Waals surface area contributed by atoms with Crippen LogP contribution in [0.1, 0.15) is 13.3 Å². The van der Waals surface area contributed by atoms with Gasteiger partial charge in [-0.25, -0.2) is 4.39 Å². The minimum Gasteiger partial charge on any atom is -0.396 e. The van der Waals surface area contributed by atoms with E-state index in [-0.39, 0.29) is 13.3 Å². The zero-order valence-electron chi connectivity index (χ0n) is 6.52. The molecule has 0 atom stereocenters. The predicted octanol–water partition coefficient (Wildman–Crippen LogP) is 0.660. The molecule has 0 amide bonds. The Morgan fingerprint density at radius 2 is 2.10 bits per heavy atom. The first kappa shape index (κ1) is 9.85. The average molecular weight is 149 g/mol. The second-order valence-electron chi connectivity index (χ2n) is 2.20. The standard InChI is InChI=1S/C7H16FNO/c1-2-9(6-4-8)5-3-7-10/h10H,2-7H2,1H3. The van der Waals surface area contributed by atoms with Gasteiger partial charge in [0, 0.05) is 19.7 Å². The largest absolute Gasteiger partial charge is 0.396 e. The molecule has 0 aliphatic heterocycles. The van der Waals surface area contributed by atoms with Crippen molar-refractivity contribution in [1.29, 1.82) is 0 Å². The van der Waals surface area contributed by atoms with Crippen molar-refractivity contribution >= 4 is 0 Å². The molecule has 0 spiro atoms. The van der Waals surface area contributed by atoms with Crippen LogP contribution in [0.3, 0.4) is 0 Å². The molecule has 0 aromatic rings. The molecule has 0 aliphatic rings.